The number of furan rings is 1. The summed E-state index contributed by atoms with van der Waals surface area (Å²) in [6, 6.07) is 24.9. The molecular formula is C26H20N4O4. The standard InChI is InChI=1S/C26H20N4O4/c1-29(2)21-14-13-19(15-22(21)30(32)33)25(31)28-26-20(16-27)23(17-9-5-3-6-10-17)24(34-26)18-11-7-4-8-12-18/h3-15H,1-2H3,(H,28,31). The van der Waals surface area contributed by atoms with Gasteiger partial charge in [-0.2, -0.15) is 5.26 Å². The van der Waals surface area contributed by atoms with E-state index in [1.54, 1.807) is 19.0 Å². The number of nitro groups is 1. The fourth-order valence-electron chi connectivity index (χ4n) is 3.66. The van der Waals surface area contributed by atoms with Gasteiger partial charge in [-0.05, 0) is 17.7 Å². The molecule has 4 rings (SSSR count). The van der Waals surface area contributed by atoms with Crippen molar-refractivity contribution in [2.45, 2.75) is 0 Å². The van der Waals surface area contributed by atoms with Gasteiger partial charge in [-0.15, -0.1) is 0 Å². The second-order valence-electron chi connectivity index (χ2n) is 7.66. The lowest BCUT2D eigenvalue weighted by Gasteiger charge is -2.13. The molecule has 0 saturated heterocycles. The van der Waals surface area contributed by atoms with Crippen LogP contribution in [0.5, 0.6) is 0 Å². The van der Waals surface area contributed by atoms with E-state index in [2.05, 4.69) is 11.4 Å². The maximum atomic E-state index is 13.0. The lowest BCUT2D eigenvalue weighted by Crippen LogP contribution is -2.15. The van der Waals surface area contributed by atoms with E-state index in [1.165, 1.54) is 18.2 Å². The molecule has 0 aliphatic heterocycles. The summed E-state index contributed by atoms with van der Waals surface area (Å²) in [5.41, 5.74) is 2.46. The van der Waals surface area contributed by atoms with Crippen LogP contribution in [-0.4, -0.2) is 24.9 Å². The van der Waals surface area contributed by atoms with Crippen LogP contribution in [0.3, 0.4) is 0 Å². The lowest BCUT2D eigenvalue weighted by atomic mass is 9.98. The van der Waals surface area contributed by atoms with Crippen molar-refractivity contribution in [3.63, 3.8) is 0 Å². The van der Waals surface area contributed by atoms with Crippen LogP contribution in [-0.2, 0) is 0 Å². The smallest absolute Gasteiger partial charge is 0.293 e. The Kier molecular flexibility index (Phi) is 6.10. The first-order chi connectivity index (χ1) is 16.4. The summed E-state index contributed by atoms with van der Waals surface area (Å²) >= 11 is 0. The zero-order valence-corrected chi connectivity index (χ0v) is 18.5. The Morgan fingerprint density at radius 2 is 1.62 bits per heavy atom. The van der Waals surface area contributed by atoms with E-state index in [-0.39, 0.29) is 22.7 Å². The molecule has 0 fully saturated rings. The van der Waals surface area contributed by atoms with E-state index in [0.29, 0.717) is 17.0 Å². The number of nitro benzene ring substituents is 1. The summed E-state index contributed by atoms with van der Waals surface area (Å²) in [7, 11) is 3.36. The van der Waals surface area contributed by atoms with E-state index < -0.39 is 10.8 Å². The van der Waals surface area contributed by atoms with Gasteiger partial charge in [-0.25, -0.2) is 0 Å². The van der Waals surface area contributed by atoms with Gasteiger partial charge in [-0.3, -0.25) is 20.2 Å². The number of hydrogen-bond donors (Lipinski definition) is 1. The molecule has 4 aromatic rings. The van der Waals surface area contributed by atoms with Crippen molar-refractivity contribution >= 4 is 23.2 Å². The van der Waals surface area contributed by atoms with E-state index in [1.807, 2.05) is 60.7 Å². The molecule has 0 aliphatic carbocycles. The van der Waals surface area contributed by atoms with Crippen molar-refractivity contribution in [3.8, 4) is 28.5 Å². The van der Waals surface area contributed by atoms with Crippen molar-refractivity contribution in [1.82, 2.24) is 0 Å². The molecule has 8 nitrogen and oxygen atoms in total. The number of nitriles is 1. The summed E-state index contributed by atoms with van der Waals surface area (Å²) in [6.07, 6.45) is 0. The van der Waals surface area contributed by atoms with Gasteiger partial charge in [0.25, 0.3) is 11.6 Å². The van der Waals surface area contributed by atoms with Crippen LogP contribution >= 0.6 is 0 Å². The summed E-state index contributed by atoms with van der Waals surface area (Å²) in [4.78, 5) is 25.6. The summed E-state index contributed by atoms with van der Waals surface area (Å²) < 4.78 is 6.01. The number of nitrogens with one attached hydrogen (secondary N) is 1. The van der Waals surface area contributed by atoms with Gasteiger partial charge in [0.15, 0.2) is 0 Å². The number of anilines is 2. The first-order valence-electron chi connectivity index (χ1n) is 10.4. The molecule has 0 radical (unpaired) electrons. The molecule has 0 unspecified atom stereocenters. The molecule has 1 N–H and O–H groups in total. The van der Waals surface area contributed by atoms with Crippen molar-refractivity contribution in [1.29, 1.82) is 5.26 Å². The number of carbonyl (C=O) groups is 1. The van der Waals surface area contributed by atoms with Crippen LogP contribution in [0.4, 0.5) is 17.3 Å². The SMILES string of the molecule is CN(C)c1ccc(C(=O)Nc2oc(-c3ccccc3)c(-c3ccccc3)c2C#N)cc1[N+](=O)[O-]. The molecule has 0 spiro atoms. The fourth-order valence-corrected chi connectivity index (χ4v) is 3.66. The van der Waals surface area contributed by atoms with E-state index in [9.17, 15) is 20.2 Å². The second kappa shape index (κ2) is 9.30. The normalized spacial score (nSPS) is 10.4. The van der Waals surface area contributed by atoms with Gasteiger partial charge in [0.05, 0.1) is 4.92 Å². The summed E-state index contributed by atoms with van der Waals surface area (Å²) in [5.74, 6) is -0.213. The maximum Gasteiger partial charge on any atom is 0.293 e. The Morgan fingerprint density at radius 1 is 1.00 bits per heavy atom. The highest BCUT2D eigenvalue weighted by atomic mass is 16.6. The minimum atomic E-state index is -0.627. The molecule has 168 valence electrons. The molecule has 0 aliphatic rings. The molecule has 3 aromatic carbocycles. The highest BCUT2D eigenvalue weighted by Gasteiger charge is 2.25. The van der Waals surface area contributed by atoms with Crippen LogP contribution < -0.4 is 10.2 Å². The van der Waals surface area contributed by atoms with Crippen LogP contribution in [0.2, 0.25) is 0 Å². The van der Waals surface area contributed by atoms with Gasteiger partial charge >= 0.3 is 0 Å². The molecular weight excluding hydrogens is 432 g/mol. The van der Waals surface area contributed by atoms with Gasteiger partial charge in [-0.1, -0.05) is 60.7 Å². The largest absolute Gasteiger partial charge is 0.438 e. The molecule has 0 bridgehead atoms. The monoisotopic (exact) mass is 452 g/mol. The third-order valence-electron chi connectivity index (χ3n) is 5.26. The van der Waals surface area contributed by atoms with Crippen molar-refractivity contribution in [2.75, 3.05) is 24.3 Å². The minimum absolute atomic E-state index is 0.0236. The highest BCUT2D eigenvalue weighted by Crippen LogP contribution is 2.41. The number of rotatable bonds is 6. The van der Waals surface area contributed by atoms with Crippen LogP contribution in [0.1, 0.15) is 15.9 Å². The Bertz CT molecular complexity index is 1400. The van der Waals surface area contributed by atoms with Gasteiger partial charge < -0.3 is 9.32 Å². The van der Waals surface area contributed by atoms with Gasteiger partial charge in [0.2, 0.25) is 5.88 Å². The predicted octanol–water partition coefficient (Wildman–Crippen LogP) is 5.71. The molecule has 0 saturated carbocycles. The minimum Gasteiger partial charge on any atom is -0.438 e. The third kappa shape index (κ3) is 4.23. The number of nitrogens with zero attached hydrogens (tertiary/aromatic N) is 3. The number of hydrogen-bond acceptors (Lipinski definition) is 6. The first-order valence-corrected chi connectivity index (χ1v) is 10.4. The van der Waals surface area contributed by atoms with Crippen LogP contribution in [0, 0.1) is 21.4 Å². The fraction of sp³-hybridized carbons (Fsp3) is 0.0769. The average Bonchev–Trinajstić information content (AvgIpc) is 3.22. The molecule has 1 heterocycles. The quantitative estimate of drug-likeness (QED) is 0.296. The van der Waals surface area contributed by atoms with Crippen LogP contribution in [0.25, 0.3) is 22.5 Å². The topological polar surface area (TPSA) is 112 Å². The maximum absolute atomic E-state index is 13.0. The molecule has 1 amide bonds. The molecule has 0 atom stereocenters. The molecule has 34 heavy (non-hydrogen) atoms. The molecule has 1 aromatic heterocycles. The van der Waals surface area contributed by atoms with Crippen molar-refractivity contribution in [3.05, 3.63) is 100 Å². The first kappa shape index (κ1) is 22.3. The number of amides is 1. The zero-order valence-electron chi connectivity index (χ0n) is 18.5. The summed E-state index contributed by atoms with van der Waals surface area (Å²) in [6.45, 7) is 0. The van der Waals surface area contributed by atoms with Crippen LogP contribution in [0.15, 0.2) is 83.3 Å². The lowest BCUT2D eigenvalue weighted by molar-refractivity contribution is -0.384. The third-order valence-corrected chi connectivity index (χ3v) is 5.26. The van der Waals surface area contributed by atoms with E-state index in [4.69, 9.17) is 4.42 Å². The van der Waals surface area contributed by atoms with Gasteiger partial charge in [0, 0.05) is 36.9 Å². The average molecular weight is 452 g/mol. The number of benzene rings is 3. The predicted molar refractivity (Wildman–Crippen MR) is 130 cm³/mol. The zero-order chi connectivity index (χ0) is 24.2. The Balaban J connectivity index is 1.80. The summed E-state index contributed by atoms with van der Waals surface area (Å²) in [5, 5.41) is 24.1. The van der Waals surface area contributed by atoms with E-state index >= 15 is 0 Å². The van der Waals surface area contributed by atoms with Crippen molar-refractivity contribution in [2.24, 2.45) is 0 Å². The Hall–Kier alpha value is -4.90. The van der Waals surface area contributed by atoms with Gasteiger partial charge in [0.1, 0.15) is 23.1 Å². The molecule has 8 heteroatoms. The Morgan fingerprint density at radius 3 is 2.18 bits per heavy atom. The Labute approximate surface area is 195 Å². The number of carbonyl (C=O) groups excluding carboxylic acids is 1. The van der Waals surface area contributed by atoms with Crippen molar-refractivity contribution < 1.29 is 14.1 Å². The van der Waals surface area contributed by atoms with E-state index in [0.717, 1.165) is 11.1 Å². The highest BCUT2D eigenvalue weighted by molar-refractivity contribution is 6.06. The second-order valence-corrected chi connectivity index (χ2v) is 7.66.